The fourth-order valence-corrected chi connectivity index (χ4v) is 9.17. The number of amides is 3. The Hall–Kier alpha value is -3.21. The smallest absolute Gasteiger partial charge is 0.407 e. The molecule has 13 heteroatoms. The third-order valence-corrected chi connectivity index (χ3v) is 12.4. The van der Waals surface area contributed by atoms with E-state index >= 15 is 0 Å². The molecular formula is C34H47N4O8P. The molecule has 47 heavy (non-hydrogen) atoms. The topological polar surface area (TPSA) is 167 Å². The number of carbonyl (C=O) groups is 3. The molecule has 3 fully saturated rings. The van der Waals surface area contributed by atoms with Gasteiger partial charge in [-0.25, -0.2) is 9.78 Å². The third kappa shape index (κ3) is 7.15. The SMILES string of the molecule is CCC1CC1(NC(=O)[C@@H]1C[C@@H]2CN1C(=O)[C@H](C1CCCCC1)NC(=O)OC[C@H](C)CCCc1ccc3ccnc(c3c1)O2)P(=O)(O)O. The molecule has 2 saturated carbocycles. The van der Waals surface area contributed by atoms with Gasteiger partial charge in [-0.05, 0) is 79.4 Å². The van der Waals surface area contributed by atoms with E-state index in [-0.39, 0.29) is 43.7 Å². The summed E-state index contributed by atoms with van der Waals surface area (Å²) in [5, 5.41) is 5.70. The maximum Gasteiger partial charge on any atom is 0.407 e. The van der Waals surface area contributed by atoms with Crippen LogP contribution >= 0.6 is 7.60 Å². The molecule has 12 nitrogen and oxygen atoms in total. The number of cyclic esters (lactones) is 1. The molecule has 6 atom stereocenters. The molecule has 4 aliphatic rings. The lowest BCUT2D eigenvalue weighted by Crippen LogP contribution is -2.57. The number of alkyl carbamates (subject to hydrolysis) is 1. The summed E-state index contributed by atoms with van der Waals surface area (Å²) >= 11 is 0. The molecule has 0 spiro atoms. The van der Waals surface area contributed by atoms with E-state index in [4.69, 9.17) is 9.47 Å². The molecule has 2 aliphatic heterocycles. The maximum absolute atomic E-state index is 14.5. The van der Waals surface area contributed by atoms with Gasteiger partial charge in [0.2, 0.25) is 17.7 Å². The number of nitrogens with one attached hydrogen (secondary N) is 2. The van der Waals surface area contributed by atoms with Crippen molar-refractivity contribution in [1.29, 1.82) is 0 Å². The van der Waals surface area contributed by atoms with Gasteiger partial charge in [0.1, 0.15) is 23.5 Å². The van der Waals surface area contributed by atoms with Gasteiger partial charge in [0.05, 0.1) is 13.2 Å². The van der Waals surface area contributed by atoms with Crippen molar-refractivity contribution < 1.29 is 38.2 Å². The summed E-state index contributed by atoms with van der Waals surface area (Å²) < 4.78 is 24.7. The van der Waals surface area contributed by atoms with Crippen molar-refractivity contribution in [3.05, 3.63) is 36.0 Å². The van der Waals surface area contributed by atoms with Crippen LogP contribution in [0.3, 0.4) is 0 Å². The molecule has 1 aromatic carbocycles. The fourth-order valence-electron chi connectivity index (χ4n) is 7.80. The Kier molecular flexibility index (Phi) is 9.84. The first kappa shape index (κ1) is 33.7. The lowest BCUT2D eigenvalue weighted by molar-refractivity contribution is -0.141. The Morgan fingerprint density at radius 1 is 1.15 bits per heavy atom. The summed E-state index contributed by atoms with van der Waals surface area (Å²) in [5.41, 5.74) is 1.12. The average Bonchev–Trinajstić information content (AvgIpc) is 3.63. The van der Waals surface area contributed by atoms with E-state index in [1.165, 1.54) is 4.90 Å². The molecule has 2 aromatic rings. The zero-order valence-corrected chi connectivity index (χ0v) is 28.1. The summed E-state index contributed by atoms with van der Waals surface area (Å²) in [5.74, 6) is -1.04. The first-order valence-corrected chi connectivity index (χ1v) is 18.8. The molecule has 1 aromatic heterocycles. The summed E-state index contributed by atoms with van der Waals surface area (Å²) in [7, 11) is -4.69. The summed E-state index contributed by atoms with van der Waals surface area (Å²) in [6.07, 6.45) is 8.13. The monoisotopic (exact) mass is 670 g/mol. The predicted octanol–water partition coefficient (Wildman–Crippen LogP) is 4.65. The number of ether oxygens (including phenoxy) is 2. The molecule has 4 bridgehead atoms. The molecule has 3 amide bonds. The Bertz CT molecular complexity index is 1540. The van der Waals surface area contributed by atoms with Gasteiger partial charge in [-0.15, -0.1) is 0 Å². The molecule has 1 saturated heterocycles. The number of pyridine rings is 1. The Labute approximate surface area is 275 Å². The predicted molar refractivity (Wildman–Crippen MR) is 175 cm³/mol. The highest BCUT2D eigenvalue weighted by atomic mass is 31.2. The van der Waals surface area contributed by atoms with Gasteiger partial charge in [-0.3, -0.25) is 14.2 Å². The highest BCUT2D eigenvalue weighted by molar-refractivity contribution is 7.54. The fraction of sp³-hybridized carbons (Fsp3) is 0.647. The van der Waals surface area contributed by atoms with E-state index in [1.807, 2.05) is 26.0 Å². The van der Waals surface area contributed by atoms with Crippen molar-refractivity contribution in [2.75, 3.05) is 13.2 Å². The Morgan fingerprint density at radius 3 is 2.66 bits per heavy atom. The van der Waals surface area contributed by atoms with Crippen LogP contribution in [0.5, 0.6) is 5.88 Å². The van der Waals surface area contributed by atoms with Gasteiger partial charge < -0.3 is 34.8 Å². The second-order valence-corrected chi connectivity index (χ2v) is 15.9. The molecule has 6 rings (SSSR count). The summed E-state index contributed by atoms with van der Waals surface area (Å²) in [6.45, 7) is 4.13. The minimum atomic E-state index is -4.69. The van der Waals surface area contributed by atoms with Crippen LogP contribution in [0, 0.1) is 17.8 Å². The number of hydrogen-bond acceptors (Lipinski definition) is 7. The van der Waals surface area contributed by atoms with Crippen LogP contribution in [-0.2, 0) is 25.3 Å². The van der Waals surface area contributed by atoms with Gasteiger partial charge >= 0.3 is 13.7 Å². The molecule has 2 unspecified atom stereocenters. The Morgan fingerprint density at radius 2 is 1.94 bits per heavy atom. The van der Waals surface area contributed by atoms with Crippen molar-refractivity contribution in [3.63, 3.8) is 0 Å². The van der Waals surface area contributed by atoms with E-state index in [1.54, 1.807) is 6.20 Å². The minimum absolute atomic E-state index is 0.0474. The van der Waals surface area contributed by atoms with Crippen LogP contribution in [0.1, 0.15) is 83.6 Å². The Balaban J connectivity index is 1.35. The quantitative estimate of drug-likeness (QED) is 0.331. The molecule has 3 heterocycles. The zero-order valence-electron chi connectivity index (χ0n) is 27.2. The van der Waals surface area contributed by atoms with Crippen LogP contribution in [-0.4, -0.2) is 74.2 Å². The number of carbonyl (C=O) groups excluding carboxylic acids is 3. The van der Waals surface area contributed by atoms with Gasteiger partial charge in [0.25, 0.3) is 0 Å². The van der Waals surface area contributed by atoms with Crippen LogP contribution in [0.4, 0.5) is 4.79 Å². The van der Waals surface area contributed by atoms with Crippen molar-refractivity contribution in [2.24, 2.45) is 17.8 Å². The number of nitrogens with zero attached hydrogens (tertiary/aromatic N) is 2. The van der Waals surface area contributed by atoms with Crippen LogP contribution in [0.25, 0.3) is 10.8 Å². The maximum atomic E-state index is 14.5. The highest BCUT2D eigenvalue weighted by Crippen LogP contribution is 2.67. The largest absolute Gasteiger partial charge is 0.472 e. The van der Waals surface area contributed by atoms with Crippen molar-refractivity contribution in [2.45, 2.75) is 108 Å². The summed E-state index contributed by atoms with van der Waals surface area (Å²) in [4.78, 5) is 68.1. The molecular weight excluding hydrogens is 623 g/mol. The molecule has 2 aliphatic carbocycles. The van der Waals surface area contributed by atoms with Crippen LogP contribution < -0.4 is 15.4 Å². The second-order valence-electron chi connectivity index (χ2n) is 14.0. The van der Waals surface area contributed by atoms with Gasteiger partial charge in [0.15, 0.2) is 0 Å². The van der Waals surface area contributed by atoms with Gasteiger partial charge in [-0.2, -0.15) is 0 Å². The number of aryl methyl sites for hydroxylation is 1. The number of aromatic nitrogens is 1. The van der Waals surface area contributed by atoms with E-state index in [2.05, 4.69) is 27.8 Å². The van der Waals surface area contributed by atoms with Crippen molar-refractivity contribution in [1.82, 2.24) is 20.5 Å². The van der Waals surface area contributed by atoms with Crippen LogP contribution in [0.2, 0.25) is 0 Å². The second kappa shape index (κ2) is 13.7. The average molecular weight is 671 g/mol. The number of hydrogen-bond donors (Lipinski definition) is 4. The van der Waals surface area contributed by atoms with Gasteiger partial charge in [0, 0.05) is 18.0 Å². The van der Waals surface area contributed by atoms with Crippen molar-refractivity contribution >= 4 is 36.3 Å². The molecule has 4 N–H and O–H groups in total. The molecule has 0 radical (unpaired) electrons. The molecule has 256 valence electrons. The van der Waals surface area contributed by atoms with Gasteiger partial charge in [-0.1, -0.05) is 51.7 Å². The normalized spacial score (nSPS) is 31.0. The number of fused-ring (bicyclic) bond motifs is 3. The minimum Gasteiger partial charge on any atom is -0.472 e. The van der Waals surface area contributed by atoms with E-state index < -0.39 is 49.0 Å². The lowest BCUT2D eigenvalue weighted by atomic mass is 9.83. The highest BCUT2D eigenvalue weighted by Gasteiger charge is 2.66. The summed E-state index contributed by atoms with van der Waals surface area (Å²) in [6, 6.07) is 6.12. The van der Waals surface area contributed by atoms with Crippen LogP contribution in [0.15, 0.2) is 30.5 Å². The zero-order chi connectivity index (χ0) is 33.3. The third-order valence-electron chi connectivity index (χ3n) is 10.7. The van der Waals surface area contributed by atoms with E-state index in [9.17, 15) is 28.7 Å². The standard InChI is InChI=1S/C34H47N4O8P/c1-3-25-18-34(25,47(42,43)44)37-30(39)28-17-26-19-38(28)32(40)29(24-10-5-4-6-11-24)36-33(41)45-20-21(2)8-7-9-22-12-13-23-14-15-35-31(46-26)27(23)16-22/h12-16,21,24-26,28-29H,3-11,17-20H2,1-2H3,(H,36,41)(H,37,39)(H2,42,43,44)/t21-,25?,26-,28+,29+,34?/m1/s1. The van der Waals surface area contributed by atoms with E-state index in [0.717, 1.165) is 67.7 Å². The lowest BCUT2D eigenvalue weighted by Gasteiger charge is -2.34. The first-order valence-electron chi connectivity index (χ1n) is 17.1. The number of rotatable bonds is 5. The number of benzene rings is 1. The first-order chi connectivity index (χ1) is 22.5. The van der Waals surface area contributed by atoms with Crippen molar-refractivity contribution in [3.8, 4) is 5.88 Å². The van der Waals surface area contributed by atoms with E-state index in [0.29, 0.717) is 12.3 Å².